The van der Waals surface area contributed by atoms with Gasteiger partial charge in [0.1, 0.15) is 11.2 Å². The first kappa shape index (κ1) is 15.2. The van der Waals surface area contributed by atoms with Gasteiger partial charge >= 0.3 is 0 Å². The summed E-state index contributed by atoms with van der Waals surface area (Å²) in [5.41, 5.74) is 3.32. The van der Waals surface area contributed by atoms with Gasteiger partial charge in [-0.05, 0) is 23.1 Å². The van der Waals surface area contributed by atoms with Crippen LogP contribution in [0.1, 0.15) is 30.0 Å². The van der Waals surface area contributed by atoms with Crippen molar-refractivity contribution < 1.29 is 4.74 Å². The lowest BCUT2D eigenvalue weighted by Gasteiger charge is -2.20. The molecule has 1 aliphatic heterocycles. The maximum atomic E-state index is 6.62. The van der Waals surface area contributed by atoms with Gasteiger partial charge in [0.2, 0.25) is 0 Å². The first-order chi connectivity index (χ1) is 11.8. The van der Waals surface area contributed by atoms with Crippen LogP contribution in [0.3, 0.4) is 0 Å². The fraction of sp³-hybridized carbons (Fsp3) is 0.217. The van der Waals surface area contributed by atoms with Gasteiger partial charge in [0.15, 0.2) is 0 Å². The molecule has 0 amide bonds. The van der Waals surface area contributed by atoms with E-state index in [0.29, 0.717) is 0 Å². The molecule has 2 atom stereocenters. The molecule has 0 spiro atoms. The molecule has 1 heteroatoms. The molecule has 120 valence electrons. The molecule has 24 heavy (non-hydrogen) atoms. The van der Waals surface area contributed by atoms with Crippen molar-refractivity contribution in [2.45, 2.75) is 31.0 Å². The highest BCUT2D eigenvalue weighted by Gasteiger charge is 2.70. The molecule has 0 N–H and O–H groups in total. The van der Waals surface area contributed by atoms with Gasteiger partial charge in [-0.1, -0.05) is 97.9 Å². The van der Waals surface area contributed by atoms with Crippen molar-refractivity contribution in [1.82, 2.24) is 0 Å². The van der Waals surface area contributed by atoms with E-state index in [0.717, 1.165) is 12.8 Å². The first-order valence-corrected chi connectivity index (χ1v) is 8.66. The van der Waals surface area contributed by atoms with Crippen LogP contribution in [0.2, 0.25) is 0 Å². The van der Waals surface area contributed by atoms with Crippen LogP contribution in [0.25, 0.3) is 0 Å². The zero-order valence-electron chi connectivity index (χ0n) is 14.0. The molecule has 1 aliphatic rings. The molecule has 4 rings (SSSR count). The summed E-state index contributed by atoms with van der Waals surface area (Å²) in [6, 6.07) is 32.0. The molecule has 1 nitrogen and oxygen atoms in total. The van der Waals surface area contributed by atoms with Crippen molar-refractivity contribution in [3.63, 3.8) is 0 Å². The van der Waals surface area contributed by atoms with E-state index in [2.05, 4.69) is 97.9 Å². The summed E-state index contributed by atoms with van der Waals surface area (Å²) in [7, 11) is 0. The Bertz CT molecular complexity index is 797. The van der Waals surface area contributed by atoms with Crippen LogP contribution in [0.15, 0.2) is 91.0 Å². The van der Waals surface area contributed by atoms with E-state index in [1.807, 2.05) is 0 Å². The van der Waals surface area contributed by atoms with Gasteiger partial charge in [0.25, 0.3) is 0 Å². The number of hydrogen-bond acceptors (Lipinski definition) is 1. The first-order valence-electron chi connectivity index (χ1n) is 8.66. The fourth-order valence-electron chi connectivity index (χ4n) is 4.00. The topological polar surface area (TPSA) is 12.5 Å². The Morgan fingerprint density at radius 3 is 1.58 bits per heavy atom. The molecule has 2 unspecified atom stereocenters. The van der Waals surface area contributed by atoms with Crippen molar-refractivity contribution in [3.05, 3.63) is 108 Å². The van der Waals surface area contributed by atoms with Gasteiger partial charge < -0.3 is 4.74 Å². The Balaban J connectivity index is 1.82. The van der Waals surface area contributed by atoms with Crippen molar-refractivity contribution in [2.75, 3.05) is 0 Å². The van der Waals surface area contributed by atoms with E-state index in [1.54, 1.807) is 0 Å². The van der Waals surface area contributed by atoms with Crippen molar-refractivity contribution in [2.24, 2.45) is 0 Å². The molecular weight excluding hydrogens is 292 g/mol. The van der Waals surface area contributed by atoms with Gasteiger partial charge in [0.05, 0.1) is 0 Å². The summed E-state index contributed by atoms with van der Waals surface area (Å²) in [5.74, 6) is 0. The largest absolute Gasteiger partial charge is 0.352 e. The normalized spacial score (nSPS) is 25.4. The van der Waals surface area contributed by atoms with Crippen LogP contribution in [0.4, 0.5) is 0 Å². The maximum absolute atomic E-state index is 6.62. The van der Waals surface area contributed by atoms with Crippen molar-refractivity contribution in [3.8, 4) is 0 Å². The van der Waals surface area contributed by atoms with Gasteiger partial charge in [0, 0.05) is 6.42 Å². The summed E-state index contributed by atoms with van der Waals surface area (Å²) in [5, 5.41) is 0. The van der Waals surface area contributed by atoms with Crippen LogP contribution in [-0.4, -0.2) is 0 Å². The monoisotopic (exact) mass is 314 g/mol. The van der Waals surface area contributed by atoms with Crippen molar-refractivity contribution in [1.29, 1.82) is 0 Å². The number of rotatable bonds is 5. The molecule has 0 aromatic heterocycles. The minimum Gasteiger partial charge on any atom is -0.352 e. The quantitative estimate of drug-likeness (QED) is 0.570. The second-order valence-corrected chi connectivity index (χ2v) is 6.50. The van der Waals surface area contributed by atoms with Crippen LogP contribution >= 0.6 is 0 Å². The minimum absolute atomic E-state index is 0.245. The molecule has 0 bridgehead atoms. The predicted octanol–water partition coefficient (Wildman–Crippen LogP) is 5.46. The van der Waals surface area contributed by atoms with E-state index in [9.17, 15) is 0 Å². The van der Waals surface area contributed by atoms with Crippen LogP contribution in [-0.2, 0) is 22.4 Å². The Kier molecular flexibility index (Phi) is 3.74. The Morgan fingerprint density at radius 2 is 1.08 bits per heavy atom. The third kappa shape index (κ3) is 2.28. The van der Waals surface area contributed by atoms with Crippen LogP contribution in [0, 0.1) is 0 Å². The lowest BCUT2D eigenvalue weighted by molar-refractivity contribution is 0.257. The molecule has 1 fully saturated rings. The van der Waals surface area contributed by atoms with Gasteiger partial charge in [-0.15, -0.1) is 0 Å². The summed E-state index contributed by atoms with van der Waals surface area (Å²) in [6.07, 6.45) is 1.85. The summed E-state index contributed by atoms with van der Waals surface area (Å²) >= 11 is 0. The maximum Gasteiger partial charge on any atom is 0.132 e. The number of epoxide rings is 1. The second kappa shape index (κ2) is 5.92. The molecule has 0 radical (unpaired) electrons. The lowest BCUT2D eigenvalue weighted by atomic mass is 9.76. The summed E-state index contributed by atoms with van der Waals surface area (Å²) < 4.78 is 6.62. The molecule has 3 aromatic rings. The van der Waals surface area contributed by atoms with E-state index >= 15 is 0 Å². The highest BCUT2D eigenvalue weighted by molar-refractivity contribution is 5.43. The van der Waals surface area contributed by atoms with Gasteiger partial charge in [-0.3, -0.25) is 0 Å². The number of benzene rings is 3. The lowest BCUT2D eigenvalue weighted by Crippen LogP contribution is -2.24. The standard InChI is InChI=1S/C23H22O/c1-2-22(20-14-8-4-9-15-20)23(24-22,21-16-10-5-11-17-21)18-19-12-6-3-7-13-19/h3-17H,2,18H2,1H3. The number of ether oxygens (including phenoxy) is 1. The molecule has 1 heterocycles. The van der Waals surface area contributed by atoms with Gasteiger partial charge in [-0.25, -0.2) is 0 Å². The molecule has 0 aliphatic carbocycles. The van der Waals surface area contributed by atoms with Crippen LogP contribution in [0.5, 0.6) is 0 Å². The SMILES string of the molecule is CCC1(c2ccccc2)OC1(Cc1ccccc1)c1ccccc1. The van der Waals surface area contributed by atoms with E-state index in [1.165, 1.54) is 16.7 Å². The van der Waals surface area contributed by atoms with Crippen molar-refractivity contribution >= 4 is 0 Å². The van der Waals surface area contributed by atoms with Crippen LogP contribution < -0.4 is 0 Å². The Morgan fingerprint density at radius 1 is 0.625 bits per heavy atom. The third-order valence-electron chi connectivity index (χ3n) is 5.23. The molecule has 3 aromatic carbocycles. The Hall–Kier alpha value is -2.38. The molecule has 1 saturated heterocycles. The fourth-order valence-corrected chi connectivity index (χ4v) is 4.00. The smallest absolute Gasteiger partial charge is 0.132 e. The number of hydrogen-bond donors (Lipinski definition) is 0. The third-order valence-corrected chi connectivity index (χ3v) is 5.23. The highest BCUT2D eigenvalue weighted by atomic mass is 16.6. The minimum atomic E-state index is -0.286. The average Bonchev–Trinajstić information content (AvgIpc) is 3.34. The Labute approximate surface area is 143 Å². The zero-order valence-corrected chi connectivity index (χ0v) is 14.0. The second-order valence-electron chi connectivity index (χ2n) is 6.50. The molecule has 0 saturated carbocycles. The summed E-state index contributed by atoms with van der Waals surface area (Å²) in [6.45, 7) is 2.22. The predicted molar refractivity (Wildman–Crippen MR) is 97.8 cm³/mol. The van der Waals surface area contributed by atoms with E-state index in [4.69, 9.17) is 4.74 Å². The van der Waals surface area contributed by atoms with E-state index < -0.39 is 0 Å². The molecular formula is C23H22O. The summed E-state index contributed by atoms with van der Waals surface area (Å²) in [4.78, 5) is 0. The highest BCUT2D eigenvalue weighted by Crippen LogP contribution is 2.65. The van der Waals surface area contributed by atoms with Gasteiger partial charge in [-0.2, -0.15) is 0 Å². The average molecular weight is 314 g/mol. The zero-order chi connectivity index (χ0) is 16.5. The van der Waals surface area contributed by atoms with E-state index in [-0.39, 0.29) is 11.2 Å².